The van der Waals surface area contributed by atoms with E-state index in [1.54, 1.807) is 0 Å². The van der Waals surface area contributed by atoms with Crippen LogP contribution in [0.3, 0.4) is 0 Å². The van der Waals surface area contributed by atoms with Gasteiger partial charge in [0.2, 0.25) is 5.91 Å². The van der Waals surface area contributed by atoms with Crippen molar-refractivity contribution >= 4 is 23.2 Å². The second-order valence-electron chi connectivity index (χ2n) is 7.47. The molecule has 1 aromatic rings. The van der Waals surface area contributed by atoms with E-state index >= 15 is 0 Å². The van der Waals surface area contributed by atoms with Gasteiger partial charge in [0.15, 0.2) is 0 Å². The summed E-state index contributed by atoms with van der Waals surface area (Å²) in [5, 5.41) is 3.11. The van der Waals surface area contributed by atoms with Crippen molar-refractivity contribution in [3.8, 4) is 0 Å². The number of carbonyl (C=O) groups excluding carboxylic acids is 1. The van der Waals surface area contributed by atoms with Crippen molar-refractivity contribution in [2.24, 2.45) is 5.41 Å². The summed E-state index contributed by atoms with van der Waals surface area (Å²) in [6.07, 6.45) is 2.46. The Morgan fingerprint density at radius 3 is 2.33 bits per heavy atom. The highest BCUT2D eigenvalue weighted by Gasteiger charge is 2.29. The number of carbonyl (C=O) groups is 1. The molecule has 1 atom stereocenters. The Morgan fingerprint density at radius 2 is 1.83 bits per heavy atom. The first-order valence-corrected chi connectivity index (χ1v) is 9.24. The molecule has 1 aliphatic heterocycles. The Hall–Kier alpha value is -1.26. The van der Waals surface area contributed by atoms with Crippen LogP contribution in [-0.2, 0) is 4.79 Å². The molecule has 0 saturated carbocycles. The summed E-state index contributed by atoms with van der Waals surface area (Å²) in [6, 6.07) is 8.86. The van der Waals surface area contributed by atoms with Gasteiger partial charge in [0.25, 0.3) is 0 Å². The molecule has 1 saturated heterocycles. The van der Waals surface area contributed by atoms with Crippen molar-refractivity contribution in [1.82, 2.24) is 10.2 Å². The molecule has 5 heteroatoms. The van der Waals surface area contributed by atoms with E-state index in [-0.39, 0.29) is 11.9 Å². The average Bonchev–Trinajstić information content (AvgIpc) is 3.09. The normalized spacial score (nSPS) is 16.9. The minimum Gasteiger partial charge on any atom is -0.378 e. The summed E-state index contributed by atoms with van der Waals surface area (Å²) in [6.45, 7) is 6.57. The van der Waals surface area contributed by atoms with Gasteiger partial charge in [0.1, 0.15) is 0 Å². The lowest BCUT2D eigenvalue weighted by Crippen LogP contribution is -2.43. The number of hydrogen-bond donors (Lipinski definition) is 1. The second-order valence-corrected chi connectivity index (χ2v) is 7.74. The number of alkyl halides is 1. The summed E-state index contributed by atoms with van der Waals surface area (Å²) in [5.74, 6) is 0.344. The lowest BCUT2D eigenvalue weighted by molar-refractivity contribution is -0.128. The molecule has 0 aliphatic carbocycles. The Morgan fingerprint density at radius 1 is 1.25 bits per heavy atom. The van der Waals surface area contributed by atoms with Crippen LogP contribution in [0.5, 0.6) is 0 Å². The summed E-state index contributed by atoms with van der Waals surface area (Å²) in [4.78, 5) is 16.9. The monoisotopic (exact) mass is 351 g/mol. The first-order chi connectivity index (χ1) is 11.3. The number of halogens is 1. The molecule has 0 spiro atoms. The standard InChI is InChI=1S/C19H30ClN3O/c1-19(2,14-20)18(24)21-13-17(23-11-5-6-12-23)15-7-9-16(10-8-15)22(3)4/h7-10,17H,5-6,11-14H2,1-4H3,(H,21,24). The maximum absolute atomic E-state index is 12.4. The average molecular weight is 352 g/mol. The minimum absolute atomic E-state index is 0.0200. The number of rotatable bonds is 7. The molecule has 1 fully saturated rings. The van der Waals surface area contributed by atoms with Gasteiger partial charge < -0.3 is 10.2 Å². The lowest BCUT2D eigenvalue weighted by Gasteiger charge is -2.30. The number of anilines is 1. The van der Waals surface area contributed by atoms with Crippen LogP contribution in [0.4, 0.5) is 5.69 Å². The molecular weight excluding hydrogens is 322 g/mol. The molecule has 134 valence electrons. The van der Waals surface area contributed by atoms with Crippen molar-refractivity contribution in [2.45, 2.75) is 32.7 Å². The summed E-state index contributed by atoms with van der Waals surface area (Å²) >= 11 is 5.92. The van der Waals surface area contributed by atoms with E-state index in [1.165, 1.54) is 24.1 Å². The minimum atomic E-state index is -0.536. The molecule has 0 bridgehead atoms. The van der Waals surface area contributed by atoms with Gasteiger partial charge in [-0.25, -0.2) is 0 Å². The number of likely N-dealkylation sites (tertiary alicyclic amines) is 1. The Balaban J connectivity index is 2.11. The first kappa shape index (κ1) is 19.1. The number of amides is 1. The topological polar surface area (TPSA) is 35.6 Å². The largest absolute Gasteiger partial charge is 0.378 e. The van der Waals surface area contributed by atoms with Crippen LogP contribution in [0.1, 0.15) is 38.3 Å². The zero-order valence-electron chi connectivity index (χ0n) is 15.3. The van der Waals surface area contributed by atoms with Crippen LogP contribution < -0.4 is 10.2 Å². The molecule has 1 heterocycles. The number of nitrogens with zero attached hydrogens (tertiary/aromatic N) is 2. The van der Waals surface area contributed by atoms with Gasteiger partial charge in [-0.2, -0.15) is 0 Å². The molecule has 0 aromatic heterocycles. The highest BCUT2D eigenvalue weighted by molar-refractivity contribution is 6.19. The lowest BCUT2D eigenvalue weighted by atomic mass is 9.95. The molecule has 1 N–H and O–H groups in total. The van der Waals surface area contributed by atoms with Crippen LogP contribution in [0.15, 0.2) is 24.3 Å². The van der Waals surface area contributed by atoms with Gasteiger partial charge in [0, 0.05) is 32.2 Å². The van der Waals surface area contributed by atoms with E-state index in [4.69, 9.17) is 11.6 Å². The number of nitrogens with one attached hydrogen (secondary N) is 1. The first-order valence-electron chi connectivity index (χ1n) is 8.71. The van der Waals surface area contributed by atoms with Gasteiger partial charge in [0.05, 0.1) is 11.5 Å². The highest BCUT2D eigenvalue weighted by Crippen LogP contribution is 2.27. The van der Waals surface area contributed by atoms with E-state index < -0.39 is 5.41 Å². The third-order valence-corrected chi connectivity index (χ3v) is 5.45. The predicted molar refractivity (Wildman–Crippen MR) is 102 cm³/mol. The van der Waals surface area contributed by atoms with Crippen LogP contribution in [-0.4, -0.2) is 50.4 Å². The Labute approximate surface area is 151 Å². The van der Waals surface area contributed by atoms with E-state index in [0.717, 1.165) is 13.1 Å². The predicted octanol–water partition coefficient (Wildman–Crippen LogP) is 3.27. The zero-order valence-corrected chi connectivity index (χ0v) is 16.1. The SMILES string of the molecule is CN(C)c1ccc(C(CNC(=O)C(C)(C)CCl)N2CCCC2)cc1. The molecule has 24 heavy (non-hydrogen) atoms. The fraction of sp³-hybridized carbons (Fsp3) is 0.632. The van der Waals surface area contributed by atoms with E-state index in [0.29, 0.717) is 12.4 Å². The van der Waals surface area contributed by atoms with E-state index in [2.05, 4.69) is 39.4 Å². The van der Waals surface area contributed by atoms with Crippen LogP contribution in [0.25, 0.3) is 0 Å². The van der Waals surface area contributed by atoms with E-state index in [9.17, 15) is 4.79 Å². The van der Waals surface area contributed by atoms with Crippen molar-refractivity contribution in [2.75, 3.05) is 44.5 Å². The second kappa shape index (κ2) is 8.21. The molecule has 1 unspecified atom stereocenters. The highest BCUT2D eigenvalue weighted by atomic mass is 35.5. The molecule has 1 aliphatic rings. The van der Waals surface area contributed by atoms with Crippen LogP contribution >= 0.6 is 11.6 Å². The summed E-state index contributed by atoms with van der Waals surface area (Å²) < 4.78 is 0. The van der Waals surface area contributed by atoms with Crippen molar-refractivity contribution in [1.29, 1.82) is 0 Å². The quantitative estimate of drug-likeness (QED) is 0.766. The molecule has 4 nitrogen and oxygen atoms in total. The third-order valence-electron chi connectivity index (χ3n) is 4.78. The molecular formula is C19H30ClN3O. The van der Waals surface area contributed by atoms with Crippen LogP contribution in [0, 0.1) is 5.41 Å². The molecule has 1 aromatic carbocycles. The fourth-order valence-electron chi connectivity index (χ4n) is 2.99. The van der Waals surface area contributed by atoms with Crippen molar-refractivity contribution in [3.05, 3.63) is 29.8 Å². The van der Waals surface area contributed by atoms with E-state index in [1.807, 2.05) is 27.9 Å². The Bertz CT molecular complexity index is 536. The van der Waals surface area contributed by atoms with Gasteiger partial charge in [-0.1, -0.05) is 12.1 Å². The van der Waals surface area contributed by atoms with Gasteiger partial charge in [-0.15, -0.1) is 11.6 Å². The molecule has 2 rings (SSSR count). The van der Waals surface area contributed by atoms with Crippen molar-refractivity contribution in [3.63, 3.8) is 0 Å². The fourth-order valence-corrected chi connectivity index (χ4v) is 3.12. The third kappa shape index (κ3) is 4.64. The summed E-state index contributed by atoms with van der Waals surface area (Å²) in [7, 11) is 4.09. The maximum Gasteiger partial charge on any atom is 0.226 e. The molecule has 0 radical (unpaired) electrons. The number of hydrogen-bond acceptors (Lipinski definition) is 3. The summed E-state index contributed by atoms with van der Waals surface area (Å²) in [5.41, 5.74) is 1.91. The van der Waals surface area contributed by atoms with Gasteiger partial charge in [-0.05, 0) is 57.5 Å². The van der Waals surface area contributed by atoms with Gasteiger partial charge in [-0.3, -0.25) is 9.69 Å². The Kier molecular flexibility index (Phi) is 6.53. The maximum atomic E-state index is 12.4. The van der Waals surface area contributed by atoms with Crippen LogP contribution in [0.2, 0.25) is 0 Å². The van der Waals surface area contributed by atoms with Crippen molar-refractivity contribution < 1.29 is 4.79 Å². The smallest absolute Gasteiger partial charge is 0.226 e. The zero-order chi connectivity index (χ0) is 17.7. The number of benzene rings is 1. The van der Waals surface area contributed by atoms with Gasteiger partial charge >= 0.3 is 0 Å². The molecule has 1 amide bonds.